The van der Waals surface area contributed by atoms with Crippen LogP contribution in [0, 0.1) is 19.3 Å². The summed E-state index contributed by atoms with van der Waals surface area (Å²) in [6.45, 7) is 8.67. The second-order valence-corrected chi connectivity index (χ2v) is 5.73. The minimum Gasteiger partial charge on any atom is -0.351 e. The first-order valence-electron chi connectivity index (χ1n) is 6.80. The van der Waals surface area contributed by atoms with Crippen LogP contribution in [0.3, 0.4) is 0 Å². The van der Waals surface area contributed by atoms with Crippen LogP contribution in [0.25, 0.3) is 0 Å². The Morgan fingerprint density at radius 2 is 2.05 bits per heavy atom. The maximum absolute atomic E-state index is 12.2. The number of rotatable bonds is 3. The second-order valence-electron chi connectivity index (χ2n) is 5.73. The Hall–Kier alpha value is -1.49. The van der Waals surface area contributed by atoms with Crippen LogP contribution in [0.4, 0.5) is 0 Å². The predicted octanol–water partition coefficient (Wildman–Crippen LogP) is 1.21. The van der Waals surface area contributed by atoms with E-state index in [1.807, 2.05) is 13.8 Å². The van der Waals surface area contributed by atoms with Gasteiger partial charge in [0.2, 0.25) is 0 Å². The molecule has 5 heteroatoms. The third kappa shape index (κ3) is 3.50. The van der Waals surface area contributed by atoms with Crippen LogP contribution >= 0.6 is 0 Å². The zero-order chi connectivity index (χ0) is 13.9. The van der Waals surface area contributed by atoms with E-state index in [2.05, 4.69) is 27.8 Å². The van der Waals surface area contributed by atoms with Gasteiger partial charge in [0.25, 0.3) is 5.91 Å². The molecule has 0 unspecified atom stereocenters. The Bertz CT molecular complexity index is 467. The van der Waals surface area contributed by atoms with E-state index in [0.717, 1.165) is 31.6 Å². The molecule has 0 bridgehead atoms. The summed E-state index contributed by atoms with van der Waals surface area (Å²) in [7, 11) is 0. The van der Waals surface area contributed by atoms with E-state index in [0.29, 0.717) is 17.8 Å². The molecule has 1 aliphatic rings. The summed E-state index contributed by atoms with van der Waals surface area (Å²) in [6, 6.07) is 1.79. The molecule has 1 aromatic heterocycles. The zero-order valence-corrected chi connectivity index (χ0v) is 11.9. The molecule has 1 aliphatic heterocycles. The van der Waals surface area contributed by atoms with Crippen molar-refractivity contribution in [2.75, 3.05) is 19.6 Å². The van der Waals surface area contributed by atoms with Gasteiger partial charge in [-0.05, 0) is 51.3 Å². The van der Waals surface area contributed by atoms with E-state index in [4.69, 9.17) is 0 Å². The van der Waals surface area contributed by atoms with Gasteiger partial charge in [-0.3, -0.25) is 4.79 Å². The first kappa shape index (κ1) is 13.9. The molecule has 19 heavy (non-hydrogen) atoms. The summed E-state index contributed by atoms with van der Waals surface area (Å²) in [4.78, 5) is 12.2. The minimum absolute atomic E-state index is 0.0461. The Morgan fingerprint density at radius 1 is 1.37 bits per heavy atom. The van der Waals surface area contributed by atoms with E-state index in [1.165, 1.54) is 0 Å². The molecule has 1 saturated heterocycles. The number of nitrogens with zero attached hydrogens (tertiary/aromatic N) is 2. The monoisotopic (exact) mass is 262 g/mol. The smallest absolute Gasteiger partial charge is 0.253 e. The van der Waals surface area contributed by atoms with Crippen LogP contribution in [-0.4, -0.2) is 35.7 Å². The topological polar surface area (TPSA) is 66.9 Å². The molecule has 0 aliphatic carbocycles. The highest BCUT2D eigenvalue weighted by molar-refractivity contribution is 5.95. The molecule has 0 atom stereocenters. The minimum atomic E-state index is -0.0461. The number of carbonyl (C=O) groups is 1. The van der Waals surface area contributed by atoms with Crippen LogP contribution in [0.5, 0.6) is 0 Å². The molecule has 5 nitrogen and oxygen atoms in total. The zero-order valence-electron chi connectivity index (χ0n) is 11.9. The van der Waals surface area contributed by atoms with Gasteiger partial charge in [0.15, 0.2) is 0 Å². The summed E-state index contributed by atoms with van der Waals surface area (Å²) in [6.07, 6.45) is 2.19. The number of piperidine rings is 1. The molecule has 104 valence electrons. The Labute approximate surface area is 114 Å². The van der Waals surface area contributed by atoms with Crippen LogP contribution in [0.15, 0.2) is 6.07 Å². The maximum Gasteiger partial charge on any atom is 0.253 e. The highest BCUT2D eigenvalue weighted by Gasteiger charge is 2.27. The van der Waals surface area contributed by atoms with Crippen molar-refractivity contribution in [1.29, 1.82) is 0 Å². The number of hydrogen-bond acceptors (Lipinski definition) is 4. The van der Waals surface area contributed by atoms with Crippen molar-refractivity contribution in [2.24, 2.45) is 5.41 Å². The summed E-state index contributed by atoms with van der Waals surface area (Å²) >= 11 is 0. The highest BCUT2D eigenvalue weighted by atomic mass is 16.1. The van der Waals surface area contributed by atoms with Gasteiger partial charge in [-0.1, -0.05) is 6.92 Å². The van der Waals surface area contributed by atoms with Gasteiger partial charge in [-0.15, -0.1) is 0 Å². The molecule has 1 amide bonds. The number of hydrogen-bond donors (Lipinski definition) is 2. The molecule has 0 spiro atoms. The van der Waals surface area contributed by atoms with Crippen molar-refractivity contribution in [2.45, 2.75) is 33.6 Å². The van der Waals surface area contributed by atoms with Gasteiger partial charge in [0.1, 0.15) is 0 Å². The number of aromatic nitrogens is 2. The van der Waals surface area contributed by atoms with Gasteiger partial charge >= 0.3 is 0 Å². The number of carbonyl (C=O) groups excluding carboxylic acids is 1. The lowest BCUT2D eigenvalue weighted by molar-refractivity contribution is 0.0921. The van der Waals surface area contributed by atoms with Crippen molar-refractivity contribution in [3.05, 3.63) is 23.0 Å². The van der Waals surface area contributed by atoms with Crippen molar-refractivity contribution in [3.8, 4) is 0 Å². The SMILES string of the molecule is Cc1cc(C(=O)NCC2(C)CCNCC2)c(C)nn1. The van der Waals surface area contributed by atoms with Gasteiger partial charge in [-0.25, -0.2) is 0 Å². The average Bonchev–Trinajstić information content (AvgIpc) is 2.40. The molecule has 0 aromatic carbocycles. The van der Waals surface area contributed by atoms with E-state index in [-0.39, 0.29) is 11.3 Å². The summed E-state index contributed by atoms with van der Waals surface area (Å²) in [5, 5.41) is 14.3. The molecule has 0 radical (unpaired) electrons. The Balaban J connectivity index is 1.99. The molecular weight excluding hydrogens is 240 g/mol. The van der Waals surface area contributed by atoms with E-state index in [9.17, 15) is 4.79 Å². The number of nitrogens with one attached hydrogen (secondary N) is 2. The Morgan fingerprint density at radius 3 is 2.74 bits per heavy atom. The van der Waals surface area contributed by atoms with Gasteiger partial charge in [0, 0.05) is 6.54 Å². The first-order valence-corrected chi connectivity index (χ1v) is 6.80. The fourth-order valence-electron chi connectivity index (χ4n) is 2.38. The third-order valence-electron chi connectivity index (χ3n) is 3.83. The van der Waals surface area contributed by atoms with E-state index in [1.54, 1.807) is 6.07 Å². The number of amides is 1. The molecule has 2 heterocycles. The molecule has 0 saturated carbocycles. The van der Waals surface area contributed by atoms with Crippen LogP contribution < -0.4 is 10.6 Å². The van der Waals surface area contributed by atoms with Crippen molar-refractivity contribution >= 4 is 5.91 Å². The lowest BCUT2D eigenvalue weighted by Crippen LogP contribution is -2.43. The average molecular weight is 262 g/mol. The molecule has 2 rings (SSSR count). The predicted molar refractivity (Wildman–Crippen MR) is 74.0 cm³/mol. The summed E-state index contributed by atoms with van der Waals surface area (Å²) < 4.78 is 0. The van der Waals surface area contributed by atoms with E-state index < -0.39 is 0 Å². The van der Waals surface area contributed by atoms with Crippen LogP contribution in [-0.2, 0) is 0 Å². The Kier molecular flexibility index (Phi) is 4.14. The van der Waals surface area contributed by atoms with Crippen molar-refractivity contribution in [1.82, 2.24) is 20.8 Å². The fraction of sp³-hybridized carbons (Fsp3) is 0.643. The molecule has 2 N–H and O–H groups in total. The maximum atomic E-state index is 12.2. The fourth-order valence-corrected chi connectivity index (χ4v) is 2.38. The standard InChI is InChI=1S/C14H22N4O/c1-10-8-12(11(2)18-17-10)13(19)16-9-14(3)4-6-15-7-5-14/h8,15H,4-7,9H2,1-3H3,(H,16,19). The van der Waals surface area contributed by atoms with Crippen LogP contribution in [0.2, 0.25) is 0 Å². The van der Waals surface area contributed by atoms with Gasteiger partial charge in [-0.2, -0.15) is 10.2 Å². The van der Waals surface area contributed by atoms with Crippen molar-refractivity contribution in [3.63, 3.8) is 0 Å². The summed E-state index contributed by atoms with van der Waals surface area (Å²) in [5.41, 5.74) is 2.28. The van der Waals surface area contributed by atoms with Crippen molar-refractivity contribution < 1.29 is 4.79 Å². The lowest BCUT2D eigenvalue weighted by Gasteiger charge is -2.34. The lowest BCUT2D eigenvalue weighted by atomic mass is 9.81. The first-order chi connectivity index (χ1) is 9.00. The highest BCUT2D eigenvalue weighted by Crippen LogP contribution is 2.26. The quantitative estimate of drug-likeness (QED) is 0.859. The largest absolute Gasteiger partial charge is 0.351 e. The summed E-state index contributed by atoms with van der Waals surface area (Å²) in [5.74, 6) is -0.0461. The molecular formula is C14H22N4O. The molecule has 1 aromatic rings. The number of aryl methyl sites for hydroxylation is 2. The van der Waals surface area contributed by atoms with Gasteiger partial charge < -0.3 is 10.6 Å². The van der Waals surface area contributed by atoms with E-state index >= 15 is 0 Å². The second kappa shape index (κ2) is 5.65. The molecule has 1 fully saturated rings. The van der Waals surface area contributed by atoms with Crippen LogP contribution in [0.1, 0.15) is 41.5 Å². The van der Waals surface area contributed by atoms with Gasteiger partial charge in [0.05, 0.1) is 17.0 Å². The third-order valence-corrected chi connectivity index (χ3v) is 3.83. The normalized spacial score (nSPS) is 18.1.